The van der Waals surface area contributed by atoms with Gasteiger partial charge in [0.05, 0.1) is 28.2 Å². The quantitative estimate of drug-likeness (QED) is 0.322. The third-order valence-electron chi connectivity index (χ3n) is 7.55. The summed E-state index contributed by atoms with van der Waals surface area (Å²) in [5.41, 5.74) is 1.05. The van der Waals surface area contributed by atoms with E-state index in [9.17, 15) is 33.8 Å². The SMILES string of the molecule is Cc1ncsc1-c1ccc([C@H](C)NC(=O)[C@@H]2C[C@@H](O)CN2C(=O)[C@@H](NC(=O)C2(F)CC2)C(C)(C)C)c(OCC(=O)O)c1. The minimum absolute atomic E-state index is 0.0197. The molecule has 11 nitrogen and oxygen atoms in total. The fourth-order valence-corrected chi connectivity index (χ4v) is 5.78. The van der Waals surface area contributed by atoms with Gasteiger partial charge in [0, 0.05) is 18.5 Å². The Morgan fingerprint density at radius 2 is 1.93 bits per heavy atom. The van der Waals surface area contributed by atoms with Crippen LogP contribution < -0.4 is 15.4 Å². The number of thiazole rings is 1. The zero-order valence-electron chi connectivity index (χ0n) is 24.3. The molecule has 4 atom stereocenters. The maximum atomic E-state index is 14.4. The highest BCUT2D eigenvalue weighted by Gasteiger charge is 2.53. The number of carboxylic acids is 1. The second-order valence-electron chi connectivity index (χ2n) is 12.1. The molecule has 42 heavy (non-hydrogen) atoms. The summed E-state index contributed by atoms with van der Waals surface area (Å²) >= 11 is 1.43. The van der Waals surface area contributed by atoms with E-state index >= 15 is 0 Å². The highest BCUT2D eigenvalue weighted by atomic mass is 32.1. The Labute approximate surface area is 247 Å². The Balaban J connectivity index is 1.54. The number of nitrogens with zero attached hydrogens (tertiary/aromatic N) is 2. The fourth-order valence-electron chi connectivity index (χ4n) is 4.98. The van der Waals surface area contributed by atoms with Crippen molar-refractivity contribution in [1.29, 1.82) is 0 Å². The van der Waals surface area contributed by atoms with Gasteiger partial charge in [-0.15, -0.1) is 11.3 Å². The highest BCUT2D eigenvalue weighted by Crippen LogP contribution is 2.40. The lowest BCUT2D eigenvalue weighted by molar-refractivity contribution is -0.145. The second-order valence-corrected chi connectivity index (χ2v) is 12.9. The van der Waals surface area contributed by atoms with Gasteiger partial charge >= 0.3 is 5.97 Å². The van der Waals surface area contributed by atoms with Crippen molar-refractivity contribution in [3.63, 3.8) is 0 Å². The Kier molecular flexibility index (Phi) is 8.93. The maximum absolute atomic E-state index is 14.4. The molecule has 0 bridgehead atoms. The van der Waals surface area contributed by atoms with E-state index in [2.05, 4.69) is 15.6 Å². The molecule has 0 spiro atoms. The first-order valence-corrected chi connectivity index (χ1v) is 14.7. The molecule has 2 aliphatic rings. The lowest BCUT2D eigenvalue weighted by atomic mass is 9.85. The predicted octanol–water partition coefficient (Wildman–Crippen LogP) is 2.75. The van der Waals surface area contributed by atoms with Crippen LogP contribution in [0.4, 0.5) is 4.39 Å². The Bertz CT molecular complexity index is 1370. The summed E-state index contributed by atoms with van der Waals surface area (Å²) in [6.07, 6.45) is -0.798. The number of carboxylic acid groups (broad SMARTS) is 1. The first-order valence-electron chi connectivity index (χ1n) is 13.8. The molecule has 228 valence electrons. The van der Waals surface area contributed by atoms with Crippen molar-refractivity contribution < 1.29 is 38.5 Å². The number of aromatic nitrogens is 1. The van der Waals surface area contributed by atoms with Crippen molar-refractivity contribution in [3.8, 4) is 16.2 Å². The molecule has 1 saturated heterocycles. The van der Waals surface area contributed by atoms with Crippen LogP contribution in [0, 0.1) is 12.3 Å². The van der Waals surface area contributed by atoms with Crippen molar-refractivity contribution in [2.75, 3.05) is 13.2 Å². The molecule has 0 radical (unpaired) electrons. The Morgan fingerprint density at radius 3 is 2.50 bits per heavy atom. The molecule has 1 aromatic heterocycles. The van der Waals surface area contributed by atoms with Crippen molar-refractivity contribution in [2.45, 2.75) is 83.8 Å². The average molecular weight is 605 g/mol. The number of aryl methyl sites for hydroxylation is 1. The lowest BCUT2D eigenvalue weighted by Gasteiger charge is -2.35. The van der Waals surface area contributed by atoms with Crippen molar-refractivity contribution >= 4 is 35.0 Å². The summed E-state index contributed by atoms with van der Waals surface area (Å²) in [6.45, 7) is 8.04. The van der Waals surface area contributed by atoms with Gasteiger partial charge in [0.15, 0.2) is 12.3 Å². The monoisotopic (exact) mass is 604 g/mol. The first-order chi connectivity index (χ1) is 19.6. The van der Waals surface area contributed by atoms with Crippen LogP contribution in [-0.4, -0.2) is 80.8 Å². The molecule has 1 aliphatic heterocycles. The Morgan fingerprint density at radius 1 is 1.24 bits per heavy atom. The van der Waals surface area contributed by atoms with E-state index in [0.717, 1.165) is 16.1 Å². The van der Waals surface area contributed by atoms with Crippen LogP contribution in [0.25, 0.3) is 10.4 Å². The van der Waals surface area contributed by atoms with E-state index in [4.69, 9.17) is 4.74 Å². The van der Waals surface area contributed by atoms with Gasteiger partial charge in [-0.1, -0.05) is 32.9 Å². The maximum Gasteiger partial charge on any atom is 0.341 e. The fraction of sp³-hybridized carbons (Fsp3) is 0.552. The van der Waals surface area contributed by atoms with E-state index in [1.165, 1.54) is 16.2 Å². The number of nitrogens with one attached hydrogen (secondary N) is 2. The summed E-state index contributed by atoms with van der Waals surface area (Å²) in [6, 6.07) is 2.44. The van der Waals surface area contributed by atoms with Gasteiger partial charge in [-0.25, -0.2) is 14.2 Å². The van der Waals surface area contributed by atoms with Gasteiger partial charge in [-0.05, 0) is 43.7 Å². The van der Waals surface area contributed by atoms with Crippen molar-refractivity contribution in [2.24, 2.45) is 5.41 Å². The van der Waals surface area contributed by atoms with Crippen molar-refractivity contribution in [1.82, 2.24) is 20.5 Å². The number of carbonyl (C=O) groups is 4. The number of aliphatic hydroxyl groups excluding tert-OH is 1. The van der Waals surface area contributed by atoms with Crippen LogP contribution in [0.1, 0.15) is 64.3 Å². The van der Waals surface area contributed by atoms with Crippen molar-refractivity contribution in [3.05, 3.63) is 35.0 Å². The molecule has 1 saturated carbocycles. The number of benzene rings is 1. The molecule has 13 heteroatoms. The lowest BCUT2D eigenvalue weighted by Crippen LogP contribution is -2.59. The molecular formula is C29H37FN4O7S. The normalized spacial score (nSPS) is 20.9. The van der Waals surface area contributed by atoms with E-state index < -0.39 is 65.6 Å². The van der Waals surface area contributed by atoms with Crippen LogP contribution >= 0.6 is 11.3 Å². The number of ether oxygens (including phenoxy) is 1. The van der Waals surface area contributed by atoms with Gasteiger partial charge in [0.1, 0.15) is 17.8 Å². The van der Waals surface area contributed by atoms with Crippen LogP contribution in [0.2, 0.25) is 0 Å². The van der Waals surface area contributed by atoms with Crippen LogP contribution in [0.5, 0.6) is 5.75 Å². The number of amides is 3. The molecule has 2 aromatic rings. The number of aliphatic carboxylic acids is 1. The zero-order valence-corrected chi connectivity index (χ0v) is 25.1. The molecule has 0 unspecified atom stereocenters. The first kappa shape index (κ1) is 31.4. The number of β-amino-alcohol motifs (C(OH)–C–C–N with tert-alkyl or cyclic N) is 1. The minimum atomic E-state index is -1.98. The molecule has 1 aliphatic carbocycles. The summed E-state index contributed by atoms with van der Waals surface area (Å²) in [4.78, 5) is 57.3. The largest absolute Gasteiger partial charge is 0.482 e. The van der Waals surface area contributed by atoms with Crippen LogP contribution in [0.3, 0.4) is 0 Å². The number of hydrogen-bond acceptors (Lipinski definition) is 8. The van der Waals surface area contributed by atoms with Gasteiger partial charge in [-0.3, -0.25) is 14.4 Å². The molecule has 2 heterocycles. The van der Waals surface area contributed by atoms with Crippen LogP contribution in [-0.2, 0) is 19.2 Å². The van der Waals surface area contributed by atoms with Gasteiger partial charge in [-0.2, -0.15) is 0 Å². The number of hydrogen-bond donors (Lipinski definition) is 4. The highest BCUT2D eigenvalue weighted by molar-refractivity contribution is 7.13. The second kappa shape index (κ2) is 12.0. The topological polar surface area (TPSA) is 158 Å². The molecule has 3 amide bonds. The molecular weight excluding hydrogens is 567 g/mol. The predicted molar refractivity (Wildman–Crippen MR) is 153 cm³/mol. The smallest absolute Gasteiger partial charge is 0.341 e. The number of halogens is 1. The minimum Gasteiger partial charge on any atom is -0.482 e. The van der Waals surface area contributed by atoms with E-state index in [1.54, 1.807) is 45.3 Å². The van der Waals surface area contributed by atoms with E-state index in [0.29, 0.717) is 5.56 Å². The van der Waals surface area contributed by atoms with E-state index in [-0.39, 0.29) is 31.6 Å². The standard InChI is InChI=1S/C29H37FN4O7S/c1-15(19-7-6-17(23-16(2)31-14-42-23)10-21(19)41-13-22(36)37)32-25(38)20-11-18(35)12-34(20)26(39)24(28(3,4)5)33-27(40)29(30)8-9-29/h6-7,10,14-15,18,20,24,35H,8-9,11-13H2,1-5H3,(H,32,38)(H,33,40)(H,36,37)/t15-,18+,20-,24+/m0/s1. The van der Waals surface area contributed by atoms with E-state index in [1.807, 2.05) is 13.0 Å². The third kappa shape index (κ3) is 6.89. The number of carbonyl (C=O) groups excluding carboxylic acids is 3. The number of alkyl halides is 1. The van der Waals surface area contributed by atoms with Gasteiger partial charge in [0.2, 0.25) is 11.8 Å². The molecule has 4 N–H and O–H groups in total. The van der Waals surface area contributed by atoms with Gasteiger partial charge in [0.25, 0.3) is 5.91 Å². The van der Waals surface area contributed by atoms with Gasteiger partial charge < -0.3 is 30.5 Å². The third-order valence-corrected chi connectivity index (χ3v) is 8.52. The summed E-state index contributed by atoms with van der Waals surface area (Å²) in [5.74, 6) is -2.87. The molecule has 2 fully saturated rings. The number of rotatable bonds is 10. The number of likely N-dealkylation sites (tertiary alicyclic amines) is 1. The summed E-state index contributed by atoms with van der Waals surface area (Å²) in [7, 11) is 0. The van der Waals surface area contributed by atoms with Crippen LogP contribution in [0.15, 0.2) is 23.7 Å². The number of aliphatic hydroxyl groups is 1. The average Bonchev–Trinajstić information content (AvgIpc) is 3.32. The molecule has 1 aromatic carbocycles. The summed E-state index contributed by atoms with van der Waals surface area (Å²) < 4.78 is 20.0. The zero-order chi connectivity index (χ0) is 31.0. The molecule has 4 rings (SSSR count). The summed E-state index contributed by atoms with van der Waals surface area (Å²) in [5, 5.41) is 25.0. The Hall–Kier alpha value is -3.58.